The summed E-state index contributed by atoms with van der Waals surface area (Å²) in [4.78, 5) is 26.5. The lowest BCUT2D eigenvalue weighted by molar-refractivity contribution is -0.151. The van der Waals surface area contributed by atoms with Gasteiger partial charge in [-0.2, -0.15) is 0 Å². The number of epoxide rings is 1. The van der Waals surface area contributed by atoms with Crippen molar-refractivity contribution in [2.24, 2.45) is 17.8 Å². The highest BCUT2D eigenvalue weighted by molar-refractivity contribution is 5.72. The van der Waals surface area contributed by atoms with Gasteiger partial charge in [-0.05, 0) is 38.7 Å². The molecule has 1 amide bonds. The molecule has 44 heavy (non-hydrogen) atoms. The third-order valence-corrected chi connectivity index (χ3v) is 8.44. The third-order valence-electron chi connectivity index (χ3n) is 8.44. The number of hydrogen-bond acceptors (Lipinski definition) is 9. The quantitative estimate of drug-likeness (QED) is 0.135. The summed E-state index contributed by atoms with van der Waals surface area (Å²) in [5, 5.41) is 32.4. The molecule has 0 bridgehead atoms. The largest absolute Gasteiger partial charge is 0.457 e. The number of methoxy groups -OCH3 is 1. The fourth-order valence-corrected chi connectivity index (χ4v) is 5.32. The number of carbonyl (C=O) groups excluding carboxylic acids is 2. The molecule has 10 nitrogen and oxygen atoms in total. The van der Waals surface area contributed by atoms with Gasteiger partial charge in [-0.25, -0.2) is 4.79 Å². The molecular weight excluding hydrogens is 566 g/mol. The Balaban J connectivity index is 0.00000474. The van der Waals surface area contributed by atoms with Gasteiger partial charge in [0.05, 0.1) is 30.3 Å². The van der Waals surface area contributed by atoms with Crippen LogP contribution in [0.4, 0.5) is 4.79 Å². The molecule has 0 aromatic rings. The van der Waals surface area contributed by atoms with Crippen LogP contribution in [0.25, 0.3) is 0 Å². The molecule has 1 saturated heterocycles. The first-order valence-corrected chi connectivity index (χ1v) is 16.0. The SMILES string of the molecule is CC.CCC(OC)C(C)C1OC1C(O)C(C)/C=C/C=C(\C)C1OC(=O)CC(OC(=O)N(C)C)CCC(C)(O)C(O)/C=C/C1C. The average Bonchev–Trinajstić information content (AvgIpc) is 3.78. The van der Waals surface area contributed by atoms with E-state index in [1.54, 1.807) is 27.3 Å². The smallest absolute Gasteiger partial charge is 0.409 e. The Kier molecular flexibility index (Phi) is 16.9. The van der Waals surface area contributed by atoms with E-state index in [4.69, 9.17) is 18.9 Å². The molecular formula is C34H59NO9. The zero-order valence-electron chi connectivity index (χ0n) is 28.7. The third kappa shape index (κ3) is 11.9. The molecule has 11 atom stereocenters. The number of ether oxygens (including phenoxy) is 4. The molecule has 10 heteroatoms. The fraction of sp³-hybridized carbons (Fsp3) is 0.765. The number of aliphatic hydroxyl groups is 3. The summed E-state index contributed by atoms with van der Waals surface area (Å²) in [7, 11) is 4.78. The molecule has 0 saturated carbocycles. The van der Waals surface area contributed by atoms with Crippen molar-refractivity contribution in [3.63, 3.8) is 0 Å². The number of rotatable bonds is 10. The Labute approximate surface area is 265 Å². The standard InChI is InChI=1S/C32H53NO9.C2H6/c1-10-24(39-9)22(5)29-30(42-29)27(36)19(2)12-11-13-20(3)28-21(4)14-15-25(34)32(6,38)17-16-23(18-26(35)41-28)40-31(37)33(7)8;1-2/h11-15,19,21-25,27-30,34,36,38H,10,16-18H2,1-9H3;1-2H3/b12-11+,15-14+,20-13+;. The fourth-order valence-electron chi connectivity index (χ4n) is 5.32. The normalized spacial score (nSPS) is 33.3. The van der Waals surface area contributed by atoms with Crippen molar-refractivity contribution >= 4 is 12.1 Å². The van der Waals surface area contributed by atoms with Gasteiger partial charge < -0.3 is 39.2 Å². The van der Waals surface area contributed by atoms with Gasteiger partial charge in [-0.3, -0.25) is 4.79 Å². The Morgan fingerprint density at radius 1 is 1.23 bits per heavy atom. The number of carbonyl (C=O) groups is 2. The van der Waals surface area contributed by atoms with Crippen LogP contribution in [0.2, 0.25) is 0 Å². The van der Waals surface area contributed by atoms with Crippen molar-refractivity contribution in [2.45, 2.75) is 129 Å². The molecule has 2 heterocycles. The topological polar surface area (TPSA) is 138 Å². The first-order chi connectivity index (χ1) is 20.6. The van der Waals surface area contributed by atoms with Crippen LogP contribution >= 0.6 is 0 Å². The van der Waals surface area contributed by atoms with E-state index in [1.165, 1.54) is 17.9 Å². The summed E-state index contributed by atoms with van der Waals surface area (Å²) >= 11 is 0. The molecule has 11 unspecified atom stereocenters. The number of esters is 1. The van der Waals surface area contributed by atoms with E-state index in [0.29, 0.717) is 0 Å². The molecule has 0 spiro atoms. The van der Waals surface area contributed by atoms with Gasteiger partial charge in [0.2, 0.25) is 0 Å². The monoisotopic (exact) mass is 625 g/mol. The van der Waals surface area contributed by atoms with E-state index in [1.807, 2.05) is 52.8 Å². The maximum atomic E-state index is 13.0. The molecule has 3 N–H and O–H groups in total. The van der Waals surface area contributed by atoms with E-state index >= 15 is 0 Å². The maximum absolute atomic E-state index is 13.0. The van der Waals surface area contributed by atoms with E-state index in [2.05, 4.69) is 13.8 Å². The van der Waals surface area contributed by atoms with Crippen molar-refractivity contribution < 1.29 is 43.9 Å². The summed E-state index contributed by atoms with van der Waals surface area (Å²) in [5.74, 6) is -0.870. The van der Waals surface area contributed by atoms with Crippen LogP contribution in [0.5, 0.6) is 0 Å². The van der Waals surface area contributed by atoms with Gasteiger partial charge in [-0.15, -0.1) is 0 Å². The number of amides is 1. The molecule has 0 aliphatic carbocycles. The van der Waals surface area contributed by atoms with Gasteiger partial charge >= 0.3 is 12.1 Å². The molecule has 0 aromatic heterocycles. The van der Waals surface area contributed by atoms with Gasteiger partial charge in [0.25, 0.3) is 0 Å². The van der Waals surface area contributed by atoms with Gasteiger partial charge in [0.1, 0.15) is 24.4 Å². The van der Waals surface area contributed by atoms with Crippen LogP contribution in [0, 0.1) is 17.8 Å². The zero-order valence-corrected chi connectivity index (χ0v) is 28.7. The molecule has 2 aliphatic rings. The molecule has 254 valence electrons. The van der Waals surface area contributed by atoms with Crippen LogP contribution in [-0.2, 0) is 23.7 Å². The summed E-state index contributed by atoms with van der Waals surface area (Å²) in [6, 6.07) is 0. The predicted octanol–water partition coefficient (Wildman–Crippen LogP) is 4.81. The Bertz CT molecular complexity index is 972. The van der Waals surface area contributed by atoms with Crippen LogP contribution in [-0.4, -0.2) is 102 Å². The van der Waals surface area contributed by atoms with E-state index in [9.17, 15) is 24.9 Å². The van der Waals surface area contributed by atoms with E-state index in [0.717, 1.165) is 12.0 Å². The number of hydrogen-bond donors (Lipinski definition) is 3. The second kappa shape index (κ2) is 18.7. The molecule has 2 aliphatic heterocycles. The van der Waals surface area contributed by atoms with E-state index < -0.39 is 42.1 Å². The van der Waals surface area contributed by atoms with Crippen molar-refractivity contribution in [3.8, 4) is 0 Å². The van der Waals surface area contributed by atoms with Gasteiger partial charge in [-0.1, -0.05) is 71.9 Å². The summed E-state index contributed by atoms with van der Waals surface area (Å²) in [6.45, 7) is 15.3. The van der Waals surface area contributed by atoms with Gasteiger partial charge in [0, 0.05) is 39.0 Å². The minimum atomic E-state index is -1.48. The second-order valence-corrected chi connectivity index (χ2v) is 12.4. The molecule has 0 radical (unpaired) electrons. The summed E-state index contributed by atoms with van der Waals surface area (Å²) in [6.07, 6.45) is 5.60. The summed E-state index contributed by atoms with van der Waals surface area (Å²) < 4.78 is 22.7. The highest BCUT2D eigenvalue weighted by atomic mass is 16.6. The molecule has 0 aromatic carbocycles. The highest BCUT2D eigenvalue weighted by Crippen LogP contribution is 2.37. The van der Waals surface area contributed by atoms with Crippen molar-refractivity contribution in [1.82, 2.24) is 4.90 Å². The number of aliphatic hydroxyl groups excluding tert-OH is 2. The Morgan fingerprint density at radius 3 is 2.43 bits per heavy atom. The lowest BCUT2D eigenvalue weighted by atomic mass is 9.89. The zero-order chi connectivity index (χ0) is 33.8. The number of allylic oxidation sites excluding steroid dienone is 2. The van der Waals surface area contributed by atoms with Crippen LogP contribution in [0.15, 0.2) is 36.0 Å². The minimum absolute atomic E-state index is 0.0433. The first kappa shape index (κ1) is 39.8. The Morgan fingerprint density at radius 2 is 1.86 bits per heavy atom. The van der Waals surface area contributed by atoms with Crippen molar-refractivity contribution in [1.29, 1.82) is 0 Å². The maximum Gasteiger partial charge on any atom is 0.409 e. The highest BCUT2D eigenvalue weighted by Gasteiger charge is 2.50. The van der Waals surface area contributed by atoms with E-state index in [-0.39, 0.29) is 55.3 Å². The minimum Gasteiger partial charge on any atom is -0.457 e. The average molecular weight is 626 g/mol. The van der Waals surface area contributed by atoms with Gasteiger partial charge in [0.15, 0.2) is 0 Å². The lowest BCUT2D eigenvalue weighted by Gasteiger charge is -2.31. The second-order valence-electron chi connectivity index (χ2n) is 12.4. The van der Waals surface area contributed by atoms with Crippen molar-refractivity contribution in [2.75, 3.05) is 21.2 Å². The van der Waals surface area contributed by atoms with Crippen LogP contribution in [0.3, 0.4) is 0 Å². The first-order valence-electron chi connectivity index (χ1n) is 16.0. The Hall–Kier alpha value is -2.24. The molecule has 2 rings (SSSR count). The number of nitrogens with zero attached hydrogens (tertiary/aromatic N) is 1. The van der Waals surface area contributed by atoms with Crippen molar-refractivity contribution in [3.05, 3.63) is 36.0 Å². The number of cyclic esters (lactones) is 1. The molecule has 1 fully saturated rings. The lowest BCUT2D eigenvalue weighted by Crippen LogP contribution is -2.40. The van der Waals surface area contributed by atoms with Crippen LogP contribution < -0.4 is 0 Å². The summed E-state index contributed by atoms with van der Waals surface area (Å²) in [5.41, 5.74) is -0.732. The predicted molar refractivity (Wildman–Crippen MR) is 171 cm³/mol. The van der Waals surface area contributed by atoms with Crippen LogP contribution in [0.1, 0.15) is 81.1 Å².